The molecule has 20 heavy (non-hydrogen) atoms. The highest BCUT2D eigenvalue weighted by molar-refractivity contribution is 9.09. The molecule has 0 aliphatic rings. The second-order valence-electron chi connectivity index (χ2n) is 6.04. The van der Waals surface area contributed by atoms with Crippen molar-refractivity contribution in [3.8, 4) is 11.1 Å². The van der Waals surface area contributed by atoms with Gasteiger partial charge < -0.3 is 0 Å². The molecule has 0 nitrogen and oxygen atoms in total. The van der Waals surface area contributed by atoms with E-state index >= 15 is 0 Å². The predicted octanol–water partition coefficient (Wildman–Crippen LogP) is 6.44. The maximum absolute atomic E-state index is 3.62. The smallest absolute Gasteiger partial charge is 0.0292 e. The van der Waals surface area contributed by atoms with Gasteiger partial charge in [-0.1, -0.05) is 95.1 Å². The van der Waals surface area contributed by atoms with E-state index in [9.17, 15) is 0 Å². The molecule has 0 fully saturated rings. The Morgan fingerprint density at radius 3 is 2.00 bits per heavy atom. The molecule has 0 bridgehead atoms. The standard InChI is InChI=1S/C18H20Br2/c1-18(2,3)15-9-7-13(8-10-15)16-6-4-5-14(11-19)17(16)12-20/h4-10H,11-12H2,1-3H3. The Bertz CT molecular complexity index is 577. The van der Waals surface area contributed by atoms with E-state index in [2.05, 4.69) is 95.1 Å². The van der Waals surface area contributed by atoms with E-state index in [0.717, 1.165) is 10.7 Å². The average molecular weight is 396 g/mol. The fourth-order valence-electron chi connectivity index (χ4n) is 2.34. The van der Waals surface area contributed by atoms with Crippen molar-refractivity contribution in [1.29, 1.82) is 0 Å². The van der Waals surface area contributed by atoms with Crippen molar-refractivity contribution in [3.05, 3.63) is 59.2 Å². The summed E-state index contributed by atoms with van der Waals surface area (Å²) in [5, 5.41) is 1.77. The summed E-state index contributed by atoms with van der Waals surface area (Å²) in [6, 6.07) is 15.5. The van der Waals surface area contributed by atoms with Crippen LogP contribution in [0.4, 0.5) is 0 Å². The second-order valence-corrected chi connectivity index (χ2v) is 7.16. The van der Waals surface area contributed by atoms with Crippen LogP contribution in [0.25, 0.3) is 11.1 Å². The van der Waals surface area contributed by atoms with Crippen LogP contribution in [0.2, 0.25) is 0 Å². The zero-order valence-corrected chi connectivity index (χ0v) is 15.4. The number of alkyl halides is 2. The van der Waals surface area contributed by atoms with Gasteiger partial charge in [-0.2, -0.15) is 0 Å². The van der Waals surface area contributed by atoms with Crippen LogP contribution in [-0.2, 0) is 16.1 Å². The number of halogens is 2. The van der Waals surface area contributed by atoms with Crippen molar-refractivity contribution in [2.24, 2.45) is 0 Å². The Kier molecular flexibility index (Phi) is 5.09. The van der Waals surface area contributed by atoms with Crippen LogP contribution < -0.4 is 0 Å². The van der Waals surface area contributed by atoms with E-state index in [-0.39, 0.29) is 5.41 Å². The van der Waals surface area contributed by atoms with Crippen LogP contribution in [0.15, 0.2) is 42.5 Å². The van der Waals surface area contributed by atoms with Gasteiger partial charge in [0.05, 0.1) is 0 Å². The van der Waals surface area contributed by atoms with Crippen LogP contribution in [-0.4, -0.2) is 0 Å². The first kappa shape index (κ1) is 15.8. The van der Waals surface area contributed by atoms with Crippen LogP contribution in [0.5, 0.6) is 0 Å². The van der Waals surface area contributed by atoms with Gasteiger partial charge in [-0.15, -0.1) is 0 Å². The maximum atomic E-state index is 3.62. The van der Waals surface area contributed by atoms with Crippen LogP contribution in [0.1, 0.15) is 37.5 Å². The van der Waals surface area contributed by atoms with Gasteiger partial charge in [0, 0.05) is 10.7 Å². The molecule has 0 aliphatic carbocycles. The van der Waals surface area contributed by atoms with Crippen LogP contribution in [0, 0.1) is 0 Å². The summed E-state index contributed by atoms with van der Waals surface area (Å²) in [4.78, 5) is 0. The quantitative estimate of drug-likeness (QED) is 0.524. The molecule has 0 atom stereocenters. The van der Waals surface area contributed by atoms with E-state index in [1.165, 1.54) is 27.8 Å². The first-order valence-electron chi connectivity index (χ1n) is 6.81. The Morgan fingerprint density at radius 2 is 1.50 bits per heavy atom. The molecule has 0 radical (unpaired) electrons. The summed E-state index contributed by atoms with van der Waals surface area (Å²) < 4.78 is 0. The Balaban J connectivity index is 2.47. The molecule has 2 aromatic rings. The summed E-state index contributed by atoms with van der Waals surface area (Å²) in [5.74, 6) is 0. The fraction of sp³-hybridized carbons (Fsp3) is 0.333. The third kappa shape index (κ3) is 3.35. The monoisotopic (exact) mass is 394 g/mol. The van der Waals surface area contributed by atoms with Gasteiger partial charge in [0.15, 0.2) is 0 Å². The number of hydrogen-bond donors (Lipinski definition) is 0. The molecule has 2 heteroatoms. The van der Waals surface area contributed by atoms with Crippen molar-refractivity contribution in [1.82, 2.24) is 0 Å². The van der Waals surface area contributed by atoms with Crippen molar-refractivity contribution >= 4 is 31.9 Å². The molecule has 0 aromatic heterocycles. The molecule has 2 rings (SSSR count). The maximum Gasteiger partial charge on any atom is 0.0292 e. The lowest BCUT2D eigenvalue weighted by Gasteiger charge is -2.19. The summed E-state index contributed by atoms with van der Waals surface area (Å²) in [6.07, 6.45) is 0. The number of benzene rings is 2. The second kappa shape index (κ2) is 6.44. The largest absolute Gasteiger partial charge is 0.0876 e. The molecular formula is C18H20Br2. The first-order valence-corrected chi connectivity index (χ1v) is 9.05. The molecule has 0 spiro atoms. The molecule has 0 amide bonds. The van der Waals surface area contributed by atoms with Crippen molar-refractivity contribution in [2.45, 2.75) is 36.8 Å². The van der Waals surface area contributed by atoms with Crippen LogP contribution in [0.3, 0.4) is 0 Å². The molecule has 0 N–H and O–H groups in total. The molecule has 0 unspecified atom stereocenters. The zero-order chi connectivity index (χ0) is 14.8. The molecule has 0 heterocycles. The zero-order valence-electron chi connectivity index (χ0n) is 12.2. The lowest BCUT2D eigenvalue weighted by Crippen LogP contribution is -2.10. The fourth-order valence-corrected chi connectivity index (χ4v) is 3.53. The highest BCUT2D eigenvalue weighted by Gasteiger charge is 2.14. The van der Waals surface area contributed by atoms with E-state index < -0.39 is 0 Å². The Morgan fingerprint density at radius 1 is 0.850 bits per heavy atom. The predicted molar refractivity (Wildman–Crippen MR) is 95.8 cm³/mol. The van der Waals surface area contributed by atoms with Crippen molar-refractivity contribution in [2.75, 3.05) is 0 Å². The summed E-state index contributed by atoms with van der Waals surface area (Å²) in [5.41, 5.74) is 6.90. The minimum absolute atomic E-state index is 0.203. The topological polar surface area (TPSA) is 0 Å². The van der Waals surface area contributed by atoms with Gasteiger partial charge in [0.2, 0.25) is 0 Å². The van der Waals surface area contributed by atoms with E-state index in [4.69, 9.17) is 0 Å². The molecule has 0 saturated heterocycles. The molecule has 106 valence electrons. The van der Waals surface area contributed by atoms with Gasteiger partial charge in [-0.05, 0) is 33.2 Å². The summed E-state index contributed by atoms with van der Waals surface area (Å²) >= 11 is 7.20. The average Bonchev–Trinajstić information content (AvgIpc) is 2.45. The van der Waals surface area contributed by atoms with Crippen molar-refractivity contribution < 1.29 is 0 Å². The molecule has 0 saturated carbocycles. The highest BCUT2D eigenvalue weighted by Crippen LogP contribution is 2.31. The SMILES string of the molecule is CC(C)(C)c1ccc(-c2cccc(CBr)c2CBr)cc1. The third-order valence-corrected chi connectivity index (χ3v) is 4.78. The summed E-state index contributed by atoms with van der Waals surface area (Å²) in [6.45, 7) is 6.74. The minimum atomic E-state index is 0.203. The highest BCUT2D eigenvalue weighted by atomic mass is 79.9. The normalized spacial score (nSPS) is 11.7. The lowest BCUT2D eigenvalue weighted by atomic mass is 9.86. The Labute approximate surface area is 138 Å². The molecule has 0 aliphatic heterocycles. The third-order valence-electron chi connectivity index (χ3n) is 3.61. The van der Waals surface area contributed by atoms with Gasteiger partial charge in [-0.25, -0.2) is 0 Å². The van der Waals surface area contributed by atoms with Gasteiger partial charge >= 0.3 is 0 Å². The summed E-state index contributed by atoms with van der Waals surface area (Å²) in [7, 11) is 0. The van der Waals surface area contributed by atoms with Crippen LogP contribution >= 0.6 is 31.9 Å². The Hall–Kier alpha value is -0.600. The van der Waals surface area contributed by atoms with Gasteiger partial charge in [0.1, 0.15) is 0 Å². The lowest BCUT2D eigenvalue weighted by molar-refractivity contribution is 0.590. The van der Waals surface area contributed by atoms with E-state index in [1.807, 2.05) is 0 Å². The molecular weight excluding hydrogens is 376 g/mol. The molecule has 2 aromatic carbocycles. The first-order chi connectivity index (χ1) is 9.47. The number of hydrogen-bond acceptors (Lipinski definition) is 0. The van der Waals surface area contributed by atoms with Gasteiger partial charge in [0.25, 0.3) is 0 Å². The minimum Gasteiger partial charge on any atom is -0.0876 e. The number of rotatable bonds is 3. The van der Waals surface area contributed by atoms with E-state index in [1.54, 1.807) is 0 Å². The van der Waals surface area contributed by atoms with E-state index in [0.29, 0.717) is 0 Å². The van der Waals surface area contributed by atoms with Crippen molar-refractivity contribution in [3.63, 3.8) is 0 Å². The van der Waals surface area contributed by atoms with Gasteiger partial charge in [-0.3, -0.25) is 0 Å².